The quantitative estimate of drug-likeness (QED) is 0.881. The summed E-state index contributed by atoms with van der Waals surface area (Å²) >= 11 is 1.66. The average molecular weight is 278 g/mol. The Morgan fingerprint density at radius 2 is 1.95 bits per heavy atom. The monoisotopic (exact) mass is 278 g/mol. The van der Waals surface area contributed by atoms with Crippen molar-refractivity contribution < 1.29 is 9.47 Å². The van der Waals surface area contributed by atoms with E-state index in [0.29, 0.717) is 13.2 Å². The molecule has 0 saturated heterocycles. The summed E-state index contributed by atoms with van der Waals surface area (Å²) in [5, 5.41) is 1.07. The number of ether oxygens (including phenoxy) is 2. The Bertz CT molecular complexity index is 523. The van der Waals surface area contributed by atoms with E-state index in [4.69, 9.17) is 15.2 Å². The zero-order valence-electron chi connectivity index (χ0n) is 11.2. The second-order valence-corrected chi connectivity index (χ2v) is 5.31. The Labute approximate surface area is 117 Å². The van der Waals surface area contributed by atoms with Crippen molar-refractivity contribution in [1.29, 1.82) is 0 Å². The van der Waals surface area contributed by atoms with Gasteiger partial charge in [0.2, 0.25) is 0 Å². The normalized spacial score (nSPS) is 10.7. The molecule has 1 heterocycles. The van der Waals surface area contributed by atoms with Crippen molar-refractivity contribution in [2.75, 3.05) is 14.2 Å². The Balaban J connectivity index is 2.13. The fourth-order valence-electron chi connectivity index (χ4n) is 1.84. The maximum Gasteiger partial charge on any atom is 0.118 e. The number of benzene rings is 1. The third-order valence-corrected chi connectivity index (χ3v) is 3.92. The van der Waals surface area contributed by atoms with Crippen molar-refractivity contribution in [2.45, 2.75) is 19.6 Å². The van der Waals surface area contributed by atoms with Crippen molar-refractivity contribution in [3.05, 3.63) is 45.4 Å². The van der Waals surface area contributed by atoms with Crippen LogP contribution in [0.2, 0.25) is 0 Å². The minimum Gasteiger partial charge on any atom is -0.497 e. The van der Waals surface area contributed by atoms with Gasteiger partial charge in [0.15, 0.2) is 0 Å². The van der Waals surface area contributed by atoms with Gasteiger partial charge in [-0.25, -0.2) is 4.98 Å². The largest absolute Gasteiger partial charge is 0.497 e. The molecule has 0 atom stereocenters. The van der Waals surface area contributed by atoms with Gasteiger partial charge >= 0.3 is 0 Å². The van der Waals surface area contributed by atoms with Crippen LogP contribution in [0.5, 0.6) is 5.75 Å². The first-order valence-corrected chi connectivity index (χ1v) is 6.88. The van der Waals surface area contributed by atoms with Crippen LogP contribution in [0.4, 0.5) is 0 Å². The third kappa shape index (κ3) is 3.53. The predicted molar refractivity (Wildman–Crippen MR) is 76.5 cm³/mol. The molecule has 2 aromatic rings. The number of methoxy groups -OCH3 is 2. The number of aromatic nitrogens is 1. The maximum atomic E-state index is 5.72. The molecule has 0 aliphatic carbocycles. The fourth-order valence-corrected chi connectivity index (χ4v) is 2.82. The number of rotatable bonds is 6. The van der Waals surface area contributed by atoms with Crippen LogP contribution in [-0.4, -0.2) is 19.2 Å². The summed E-state index contributed by atoms with van der Waals surface area (Å²) in [6.45, 7) is 1.03. The highest BCUT2D eigenvalue weighted by Crippen LogP contribution is 2.22. The molecule has 0 bridgehead atoms. The molecule has 0 saturated carbocycles. The van der Waals surface area contributed by atoms with Crippen LogP contribution >= 0.6 is 11.3 Å². The minimum atomic E-state index is 0.513. The van der Waals surface area contributed by atoms with Gasteiger partial charge in [-0.2, -0.15) is 0 Å². The maximum absolute atomic E-state index is 5.72. The van der Waals surface area contributed by atoms with E-state index in [9.17, 15) is 0 Å². The Morgan fingerprint density at radius 3 is 2.53 bits per heavy atom. The first-order chi connectivity index (χ1) is 9.26. The minimum absolute atomic E-state index is 0.513. The molecule has 1 aromatic heterocycles. The van der Waals surface area contributed by atoms with Crippen LogP contribution in [0.25, 0.3) is 0 Å². The molecule has 19 heavy (non-hydrogen) atoms. The molecular weight excluding hydrogens is 260 g/mol. The smallest absolute Gasteiger partial charge is 0.118 e. The molecule has 5 heteroatoms. The lowest BCUT2D eigenvalue weighted by atomic mass is 10.1. The van der Waals surface area contributed by atoms with Gasteiger partial charge in [-0.15, -0.1) is 11.3 Å². The van der Waals surface area contributed by atoms with Gasteiger partial charge in [-0.1, -0.05) is 12.1 Å². The zero-order chi connectivity index (χ0) is 13.7. The average Bonchev–Trinajstić information content (AvgIpc) is 2.82. The molecule has 0 unspecified atom stereocenters. The summed E-state index contributed by atoms with van der Waals surface area (Å²) in [5.41, 5.74) is 7.89. The number of thiazole rings is 1. The molecule has 102 valence electrons. The summed E-state index contributed by atoms with van der Waals surface area (Å²) in [6, 6.07) is 8.03. The van der Waals surface area contributed by atoms with Gasteiger partial charge in [0.25, 0.3) is 0 Å². The standard InChI is InChI=1S/C14H18N2O2S/c1-17-9-12-13(8-15)19-14(16-12)7-10-3-5-11(18-2)6-4-10/h3-6H,7-9,15H2,1-2H3. The molecule has 2 rings (SSSR count). The summed E-state index contributed by atoms with van der Waals surface area (Å²) < 4.78 is 10.3. The van der Waals surface area contributed by atoms with Crippen molar-refractivity contribution in [3.63, 3.8) is 0 Å². The van der Waals surface area contributed by atoms with Crippen molar-refractivity contribution in [3.8, 4) is 5.75 Å². The summed E-state index contributed by atoms with van der Waals surface area (Å²) in [4.78, 5) is 5.69. The van der Waals surface area contributed by atoms with Crippen LogP contribution < -0.4 is 10.5 Å². The van der Waals surface area contributed by atoms with Gasteiger partial charge < -0.3 is 15.2 Å². The number of hydrogen-bond acceptors (Lipinski definition) is 5. The van der Waals surface area contributed by atoms with E-state index in [2.05, 4.69) is 17.1 Å². The van der Waals surface area contributed by atoms with E-state index >= 15 is 0 Å². The molecule has 2 N–H and O–H groups in total. The second-order valence-electron chi connectivity index (χ2n) is 4.14. The molecule has 0 fully saturated rings. The second kappa shape index (κ2) is 6.65. The lowest BCUT2D eigenvalue weighted by Gasteiger charge is -2.01. The van der Waals surface area contributed by atoms with E-state index in [-0.39, 0.29) is 0 Å². The van der Waals surface area contributed by atoms with E-state index in [1.54, 1.807) is 25.6 Å². The van der Waals surface area contributed by atoms with Gasteiger partial charge in [-0.05, 0) is 17.7 Å². The van der Waals surface area contributed by atoms with Crippen LogP contribution in [0, 0.1) is 0 Å². The van der Waals surface area contributed by atoms with E-state index in [1.807, 2.05) is 12.1 Å². The Morgan fingerprint density at radius 1 is 1.21 bits per heavy atom. The predicted octanol–water partition coefficient (Wildman–Crippen LogP) is 2.35. The molecule has 0 aliphatic heterocycles. The first kappa shape index (κ1) is 14.0. The van der Waals surface area contributed by atoms with Crippen LogP contribution in [0.15, 0.2) is 24.3 Å². The molecular formula is C14H18N2O2S. The van der Waals surface area contributed by atoms with Gasteiger partial charge in [0.1, 0.15) is 5.75 Å². The summed E-state index contributed by atoms with van der Waals surface area (Å²) in [6.07, 6.45) is 0.811. The first-order valence-electron chi connectivity index (χ1n) is 6.06. The van der Waals surface area contributed by atoms with E-state index in [1.165, 1.54) is 5.56 Å². The van der Waals surface area contributed by atoms with Crippen molar-refractivity contribution in [2.24, 2.45) is 5.73 Å². The molecule has 0 radical (unpaired) electrons. The van der Waals surface area contributed by atoms with Crippen LogP contribution in [0.3, 0.4) is 0 Å². The fraction of sp³-hybridized carbons (Fsp3) is 0.357. The molecule has 4 nitrogen and oxygen atoms in total. The van der Waals surface area contributed by atoms with E-state index in [0.717, 1.165) is 27.7 Å². The van der Waals surface area contributed by atoms with Gasteiger partial charge in [0.05, 0.1) is 24.4 Å². The van der Waals surface area contributed by atoms with Crippen molar-refractivity contribution in [1.82, 2.24) is 4.98 Å². The lowest BCUT2D eigenvalue weighted by molar-refractivity contribution is 0.181. The SMILES string of the molecule is COCc1nc(Cc2ccc(OC)cc2)sc1CN. The third-order valence-electron chi connectivity index (χ3n) is 2.80. The topological polar surface area (TPSA) is 57.4 Å². The highest BCUT2D eigenvalue weighted by Gasteiger charge is 2.10. The Kier molecular flexibility index (Phi) is 4.90. The lowest BCUT2D eigenvalue weighted by Crippen LogP contribution is -1.99. The van der Waals surface area contributed by atoms with Crippen LogP contribution in [-0.2, 0) is 24.3 Å². The highest BCUT2D eigenvalue weighted by atomic mass is 32.1. The zero-order valence-corrected chi connectivity index (χ0v) is 12.0. The highest BCUT2D eigenvalue weighted by molar-refractivity contribution is 7.11. The van der Waals surface area contributed by atoms with Crippen molar-refractivity contribution >= 4 is 11.3 Å². The van der Waals surface area contributed by atoms with Gasteiger partial charge in [0, 0.05) is 25.0 Å². The van der Waals surface area contributed by atoms with Gasteiger partial charge in [-0.3, -0.25) is 0 Å². The molecule has 0 aliphatic rings. The Hall–Kier alpha value is -1.43. The molecule has 1 aromatic carbocycles. The van der Waals surface area contributed by atoms with E-state index < -0.39 is 0 Å². The summed E-state index contributed by atoms with van der Waals surface area (Å²) in [7, 11) is 3.34. The number of hydrogen-bond donors (Lipinski definition) is 1. The summed E-state index contributed by atoms with van der Waals surface area (Å²) in [5.74, 6) is 0.866. The molecule has 0 spiro atoms. The number of nitrogens with two attached hydrogens (primary N) is 1. The molecule has 0 amide bonds. The van der Waals surface area contributed by atoms with Crippen LogP contribution in [0.1, 0.15) is 21.1 Å². The number of nitrogens with zero attached hydrogens (tertiary/aromatic N) is 1.